The Bertz CT molecular complexity index is 291. The van der Waals surface area contributed by atoms with Crippen molar-refractivity contribution in [2.24, 2.45) is 0 Å². The third kappa shape index (κ3) is 2.33. The van der Waals surface area contributed by atoms with Crippen LogP contribution < -0.4 is 5.32 Å². The van der Waals surface area contributed by atoms with Crippen LogP contribution in [0.5, 0.6) is 0 Å². The summed E-state index contributed by atoms with van der Waals surface area (Å²) in [6.07, 6.45) is 2.39. The second-order valence-electron chi connectivity index (χ2n) is 3.36. The van der Waals surface area contributed by atoms with E-state index in [1.807, 2.05) is 16.8 Å². The van der Waals surface area contributed by atoms with Crippen LogP contribution in [0.25, 0.3) is 0 Å². The summed E-state index contributed by atoms with van der Waals surface area (Å²) in [4.78, 5) is 11.5. The Kier molecular flexibility index (Phi) is 3.16. The first-order valence-corrected chi connectivity index (χ1v) is 5.72. The van der Waals surface area contributed by atoms with Crippen molar-refractivity contribution in [1.82, 2.24) is 5.32 Å². The molecular weight excluding hydrogens is 198 g/mol. The number of hydrogen-bond donors (Lipinski definition) is 1. The van der Waals surface area contributed by atoms with Gasteiger partial charge in [-0.25, -0.2) is 0 Å². The SMILES string of the molecule is O=C(NC[C@H]1CCCO1)c1ccsc1. The number of amides is 1. The van der Waals surface area contributed by atoms with E-state index in [4.69, 9.17) is 4.74 Å². The summed E-state index contributed by atoms with van der Waals surface area (Å²) in [5, 5.41) is 6.63. The van der Waals surface area contributed by atoms with Crippen molar-refractivity contribution in [2.75, 3.05) is 13.2 Å². The van der Waals surface area contributed by atoms with E-state index in [0.29, 0.717) is 6.54 Å². The van der Waals surface area contributed by atoms with Crippen molar-refractivity contribution in [1.29, 1.82) is 0 Å². The van der Waals surface area contributed by atoms with Crippen molar-refractivity contribution in [3.05, 3.63) is 22.4 Å². The molecule has 1 aromatic rings. The largest absolute Gasteiger partial charge is 0.376 e. The zero-order valence-electron chi connectivity index (χ0n) is 7.86. The summed E-state index contributed by atoms with van der Waals surface area (Å²) in [6, 6.07) is 1.83. The lowest BCUT2D eigenvalue weighted by molar-refractivity contribution is 0.0858. The number of rotatable bonds is 3. The van der Waals surface area contributed by atoms with Gasteiger partial charge in [0, 0.05) is 24.1 Å². The summed E-state index contributed by atoms with van der Waals surface area (Å²) >= 11 is 1.53. The lowest BCUT2D eigenvalue weighted by atomic mass is 10.2. The minimum Gasteiger partial charge on any atom is -0.376 e. The fraction of sp³-hybridized carbons (Fsp3) is 0.500. The van der Waals surface area contributed by atoms with Crippen LogP contribution in [0.15, 0.2) is 16.8 Å². The van der Waals surface area contributed by atoms with Gasteiger partial charge in [0.1, 0.15) is 0 Å². The van der Waals surface area contributed by atoms with E-state index < -0.39 is 0 Å². The predicted octanol–water partition coefficient (Wildman–Crippen LogP) is 1.66. The van der Waals surface area contributed by atoms with Gasteiger partial charge in [0.25, 0.3) is 5.91 Å². The van der Waals surface area contributed by atoms with E-state index >= 15 is 0 Å². The summed E-state index contributed by atoms with van der Waals surface area (Å²) < 4.78 is 5.41. The van der Waals surface area contributed by atoms with E-state index in [0.717, 1.165) is 25.0 Å². The minimum atomic E-state index is 0.00162. The lowest BCUT2D eigenvalue weighted by Crippen LogP contribution is -2.31. The summed E-state index contributed by atoms with van der Waals surface area (Å²) in [5.74, 6) is 0.00162. The smallest absolute Gasteiger partial charge is 0.252 e. The first-order valence-electron chi connectivity index (χ1n) is 4.78. The molecule has 1 atom stereocenters. The summed E-state index contributed by atoms with van der Waals surface area (Å²) in [7, 11) is 0. The molecule has 1 aliphatic rings. The molecule has 0 aliphatic carbocycles. The molecule has 0 spiro atoms. The molecule has 76 valence electrons. The Labute approximate surface area is 87.1 Å². The molecule has 1 N–H and O–H groups in total. The summed E-state index contributed by atoms with van der Waals surface area (Å²) in [5.41, 5.74) is 0.744. The molecule has 2 rings (SSSR count). The molecule has 3 nitrogen and oxygen atoms in total. The van der Waals surface area contributed by atoms with Crippen LogP contribution in [-0.4, -0.2) is 25.2 Å². The average molecular weight is 211 g/mol. The van der Waals surface area contributed by atoms with Crippen molar-refractivity contribution >= 4 is 17.2 Å². The number of hydrogen-bond acceptors (Lipinski definition) is 3. The number of carbonyl (C=O) groups excluding carboxylic acids is 1. The molecule has 0 unspecified atom stereocenters. The van der Waals surface area contributed by atoms with E-state index in [1.54, 1.807) is 0 Å². The molecule has 1 aliphatic heterocycles. The number of ether oxygens (including phenoxy) is 1. The van der Waals surface area contributed by atoms with Gasteiger partial charge in [0.15, 0.2) is 0 Å². The Morgan fingerprint density at radius 3 is 3.29 bits per heavy atom. The fourth-order valence-corrected chi connectivity index (χ4v) is 2.14. The Balaban J connectivity index is 1.78. The van der Waals surface area contributed by atoms with Gasteiger partial charge < -0.3 is 10.1 Å². The maximum Gasteiger partial charge on any atom is 0.252 e. The second kappa shape index (κ2) is 4.57. The molecule has 2 heterocycles. The zero-order valence-corrected chi connectivity index (χ0v) is 8.68. The third-order valence-electron chi connectivity index (χ3n) is 2.30. The highest BCUT2D eigenvalue weighted by molar-refractivity contribution is 7.08. The molecule has 1 fully saturated rings. The molecule has 0 radical (unpaired) electrons. The Morgan fingerprint density at radius 2 is 2.64 bits per heavy atom. The van der Waals surface area contributed by atoms with E-state index in [2.05, 4.69) is 5.32 Å². The average Bonchev–Trinajstić information content (AvgIpc) is 2.87. The Hall–Kier alpha value is -0.870. The molecule has 0 aromatic carbocycles. The molecule has 1 saturated heterocycles. The molecule has 4 heteroatoms. The van der Waals surface area contributed by atoms with Crippen molar-refractivity contribution < 1.29 is 9.53 Å². The van der Waals surface area contributed by atoms with Gasteiger partial charge in [-0.1, -0.05) is 0 Å². The minimum absolute atomic E-state index is 0.00162. The molecule has 1 amide bonds. The van der Waals surface area contributed by atoms with E-state index in [-0.39, 0.29) is 12.0 Å². The summed E-state index contributed by atoms with van der Waals surface area (Å²) in [6.45, 7) is 1.47. The lowest BCUT2D eigenvalue weighted by Gasteiger charge is -2.09. The van der Waals surface area contributed by atoms with Crippen LogP contribution in [0.1, 0.15) is 23.2 Å². The van der Waals surface area contributed by atoms with Gasteiger partial charge in [-0.15, -0.1) is 0 Å². The molecule has 0 saturated carbocycles. The molecule has 0 bridgehead atoms. The highest BCUT2D eigenvalue weighted by Gasteiger charge is 2.16. The Morgan fingerprint density at radius 1 is 1.71 bits per heavy atom. The van der Waals surface area contributed by atoms with Crippen molar-refractivity contribution in [3.63, 3.8) is 0 Å². The normalized spacial score (nSPS) is 21.0. The number of nitrogens with one attached hydrogen (secondary N) is 1. The fourth-order valence-electron chi connectivity index (χ4n) is 1.51. The maximum absolute atomic E-state index is 11.5. The third-order valence-corrected chi connectivity index (χ3v) is 2.98. The molecular formula is C10H13NO2S. The molecule has 1 aromatic heterocycles. The van der Waals surface area contributed by atoms with Gasteiger partial charge in [-0.3, -0.25) is 4.79 Å². The van der Waals surface area contributed by atoms with E-state index in [1.165, 1.54) is 11.3 Å². The van der Waals surface area contributed by atoms with Gasteiger partial charge in [-0.2, -0.15) is 11.3 Å². The standard InChI is InChI=1S/C10H13NO2S/c12-10(8-3-5-14-7-8)11-6-9-2-1-4-13-9/h3,5,7,9H,1-2,4,6H2,(H,11,12)/t9-/m1/s1. The van der Waals surface area contributed by atoms with Gasteiger partial charge in [0.05, 0.1) is 6.10 Å². The van der Waals surface area contributed by atoms with Crippen molar-refractivity contribution in [3.8, 4) is 0 Å². The van der Waals surface area contributed by atoms with Crippen LogP contribution in [0, 0.1) is 0 Å². The zero-order chi connectivity index (χ0) is 9.80. The quantitative estimate of drug-likeness (QED) is 0.825. The first kappa shape index (κ1) is 9.68. The first-order chi connectivity index (χ1) is 6.86. The maximum atomic E-state index is 11.5. The van der Waals surface area contributed by atoms with Crippen LogP contribution in [0.2, 0.25) is 0 Å². The molecule has 14 heavy (non-hydrogen) atoms. The van der Waals surface area contributed by atoms with Crippen LogP contribution in [0.3, 0.4) is 0 Å². The van der Waals surface area contributed by atoms with Crippen LogP contribution in [-0.2, 0) is 4.74 Å². The monoisotopic (exact) mass is 211 g/mol. The number of thiophene rings is 1. The number of carbonyl (C=O) groups is 1. The van der Waals surface area contributed by atoms with Gasteiger partial charge in [0.2, 0.25) is 0 Å². The topological polar surface area (TPSA) is 38.3 Å². The van der Waals surface area contributed by atoms with Crippen LogP contribution in [0.4, 0.5) is 0 Å². The van der Waals surface area contributed by atoms with Gasteiger partial charge >= 0.3 is 0 Å². The second-order valence-corrected chi connectivity index (χ2v) is 4.14. The highest BCUT2D eigenvalue weighted by Crippen LogP contribution is 2.11. The van der Waals surface area contributed by atoms with Gasteiger partial charge in [-0.05, 0) is 24.3 Å². The highest BCUT2D eigenvalue weighted by atomic mass is 32.1. The van der Waals surface area contributed by atoms with Crippen LogP contribution >= 0.6 is 11.3 Å². The van der Waals surface area contributed by atoms with E-state index in [9.17, 15) is 4.79 Å². The predicted molar refractivity (Wildman–Crippen MR) is 55.6 cm³/mol. The van der Waals surface area contributed by atoms with Crippen molar-refractivity contribution in [2.45, 2.75) is 18.9 Å².